The Bertz CT molecular complexity index is 678. The zero-order chi connectivity index (χ0) is 20.0. The van der Waals surface area contributed by atoms with Gasteiger partial charge in [0.05, 0.1) is 12.0 Å². The molecule has 1 amide bonds. The number of Topliss-reactive ketones (excluding diaryl/α,β-unsaturated/α-hetero) is 1. The molecule has 0 saturated carbocycles. The maximum atomic E-state index is 12.7. The summed E-state index contributed by atoms with van der Waals surface area (Å²) >= 11 is 5.95. The Labute approximate surface area is 166 Å². The molecule has 0 N–H and O–H groups in total. The van der Waals surface area contributed by atoms with Crippen molar-refractivity contribution >= 4 is 29.3 Å². The number of nitrogens with zero attached hydrogens (tertiary/aromatic N) is 1. The number of hydrogen-bond donors (Lipinski definition) is 0. The molecule has 0 bridgehead atoms. The Kier molecular flexibility index (Phi) is 7.42. The number of hydrogen-bond acceptors (Lipinski definition) is 4. The van der Waals surface area contributed by atoms with Crippen LogP contribution in [-0.2, 0) is 25.5 Å². The van der Waals surface area contributed by atoms with Gasteiger partial charge in [0, 0.05) is 24.0 Å². The van der Waals surface area contributed by atoms with Crippen LogP contribution in [0.15, 0.2) is 24.3 Å². The molecule has 0 spiro atoms. The van der Waals surface area contributed by atoms with Crippen LogP contribution in [0.4, 0.5) is 0 Å². The minimum atomic E-state index is -0.681. The predicted molar refractivity (Wildman–Crippen MR) is 104 cm³/mol. The Morgan fingerprint density at radius 3 is 2.26 bits per heavy atom. The quantitative estimate of drug-likeness (QED) is 0.523. The molecule has 1 aromatic rings. The molecule has 1 heterocycles. The van der Waals surface area contributed by atoms with E-state index in [1.165, 1.54) is 0 Å². The highest BCUT2D eigenvalue weighted by Gasteiger charge is 2.44. The van der Waals surface area contributed by atoms with Crippen molar-refractivity contribution in [3.05, 3.63) is 34.9 Å². The second-order valence-electron chi connectivity index (χ2n) is 7.27. The minimum Gasteiger partial charge on any atom is -0.466 e. The number of ketones is 1. The van der Waals surface area contributed by atoms with E-state index >= 15 is 0 Å². The lowest BCUT2D eigenvalue weighted by Crippen LogP contribution is -2.50. The van der Waals surface area contributed by atoms with Gasteiger partial charge in [-0.05, 0) is 50.3 Å². The Hall–Kier alpha value is -1.88. The van der Waals surface area contributed by atoms with Gasteiger partial charge in [-0.15, -0.1) is 0 Å². The molecule has 27 heavy (non-hydrogen) atoms. The molecule has 0 aliphatic carbocycles. The van der Waals surface area contributed by atoms with Crippen LogP contribution in [0.1, 0.15) is 45.6 Å². The Balaban J connectivity index is 2.13. The minimum absolute atomic E-state index is 0.236. The molecule has 5 nitrogen and oxygen atoms in total. The number of ether oxygens (including phenoxy) is 1. The van der Waals surface area contributed by atoms with Crippen molar-refractivity contribution in [2.24, 2.45) is 11.3 Å². The summed E-state index contributed by atoms with van der Waals surface area (Å²) in [5.74, 6) is -1.30. The highest BCUT2D eigenvalue weighted by atomic mass is 35.5. The van der Waals surface area contributed by atoms with Gasteiger partial charge >= 0.3 is 5.97 Å². The van der Waals surface area contributed by atoms with Crippen molar-refractivity contribution in [1.29, 1.82) is 0 Å². The van der Waals surface area contributed by atoms with Crippen LogP contribution in [0.3, 0.4) is 0 Å². The van der Waals surface area contributed by atoms with Crippen LogP contribution >= 0.6 is 11.6 Å². The number of esters is 1. The van der Waals surface area contributed by atoms with E-state index < -0.39 is 11.3 Å². The molecule has 2 rings (SSSR count). The SMILES string of the molecule is CCOC(=O)C1(Cc2ccc(Cl)cc2)CCN(C(=O)C(=O)C(C)CC)CC1. The maximum Gasteiger partial charge on any atom is 0.312 e. The third-order valence-corrected chi connectivity index (χ3v) is 5.69. The number of rotatable bonds is 7. The van der Waals surface area contributed by atoms with Crippen LogP contribution < -0.4 is 0 Å². The summed E-state index contributed by atoms with van der Waals surface area (Å²) in [7, 11) is 0. The normalized spacial score (nSPS) is 17.3. The van der Waals surface area contributed by atoms with E-state index in [1.807, 2.05) is 19.1 Å². The van der Waals surface area contributed by atoms with Gasteiger partial charge < -0.3 is 9.64 Å². The van der Waals surface area contributed by atoms with Gasteiger partial charge in [0.2, 0.25) is 5.78 Å². The Morgan fingerprint density at radius 2 is 1.74 bits per heavy atom. The average molecular weight is 394 g/mol. The average Bonchev–Trinajstić information content (AvgIpc) is 2.68. The van der Waals surface area contributed by atoms with Crippen LogP contribution in [0.5, 0.6) is 0 Å². The van der Waals surface area contributed by atoms with Gasteiger partial charge in [-0.3, -0.25) is 14.4 Å². The molecule has 148 valence electrons. The lowest BCUT2D eigenvalue weighted by atomic mass is 9.73. The maximum absolute atomic E-state index is 12.7. The molecule has 1 unspecified atom stereocenters. The zero-order valence-electron chi connectivity index (χ0n) is 16.3. The van der Waals surface area contributed by atoms with E-state index in [4.69, 9.17) is 16.3 Å². The molecule has 1 aliphatic rings. The predicted octanol–water partition coefficient (Wildman–Crippen LogP) is 3.67. The topological polar surface area (TPSA) is 63.7 Å². The van der Waals surface area contributed by atoms with Crippen LogP contribution in [0.2, 0.25) is 5.02 Å². The van der Waals surface area contributed by atoms with E-state index in [9.17, 15) is 14.4 Å². The fourth-order valence-electron chi connectivity index (χ4n) is 3.42. The van der Waals surface area contributed by atoms with Gasteiger partial charge in [-0.2, -0.15) is 0 Å². The summed E-state index contributed by atoms with van der Waals surface area (Å²) < 4.78 is 5.34. The van der Waals surface area contributed by atoms with Crippen molar-refractivity contribution < 1.29 is 19.1 Å². The molecule has 6 heteroatoms. The molecule has 1 aromatic carbocycles. The molecule has 0 radical (unpaired) electrons. The summed E-state index contributed by atoms with van der Waals surface area (Å²) in [4.78, 5) is 39.0. The van der Waals surface area contributed by atoms with Crippen LogP contribution in [0.25, 0.3) is 0 Å². The fourth-order valence-corrected chi connectivity index (χ4v) is 3.55. The Morgan fingerprint density at radius 1 is 1.15 bits per heavy atom. The number of halogens is 1. The van der Waals surface area contributed by atoms with Gasteiger partial charge in [0.15, 0.2) is 0 Å². The van der Waals surface area contributed by atoms with E-state index in [1.54, 1.807) is 30.9 Å². The first-order valence-electron chi connectivity index (χ1n) is 9.57. The zero-order valence-corrected chi connectivity index (χ0v) is 17.1. The molecule has 1 fully saturated rings. The first-order valence-corrected chi connectivity index (χ1v) is 9.95. The van der Waals surface area contributed by atoms with E-state index in [-0.39, 0.29) is 17.7 Å². The summed E-state index contributed by atoms with van der Waals surface area (Å²) in [6.45, 7) is 6.53. The molecule has 1 aliphatic heterocycles. The van der Waals surface area contributed by atoms with Crippen molar-refractivity contribution in [1.82, 2.24) is 4.90 Å². The van der Waals surface area contributed by atoms with Crippen molar-refractivity contribution in [2.75, 3.05) is 19.7 Å². The third kappa shape index (κ3) is 5.10. The number of likely N-dealkylation sites (tertiary alicyclic amines) is 1. The lowest BCUT2D eigenvalue weighted by molar-refractivity contribution is -0.161. The molecular formula is C21H28ClNO4. The number of carbonyl (C=O) groups excluding carboxylic acids is 3. The molecule has 0 aromatic heterocycles. The van der Waals surface area contributed by atoms with Gasteiger partial charge in [0.25, 0.3) is 5.91 Å². The smallest absolute Gasteiger partial charge is 0.312 e. The van der Waals surface area contributed by atoms with Crippen LogP contribution in [0, 0.1) is 11.3 Å². The molecule has 1 saturated heterocycles. The first kappa shape index (κ1) is 21.4. The largest absolute Gasteiger partial charge is 0.466 e. The highest BCUT2D eigenvalue weighted by Crippen LogP contribution is 2.37. The summed E-state index contributed by atoms with van der Waals surface area (Å²) in [6.07, 6.45) is 2.13. The molecular weight excluding hydrogens is 366 g/mol. The van der Waals surface area contributed by atoms with Gasteiger partial charge in [0.1, 0.15) is 0 Å². The summed E-state index contributed by atoms with van der Waals surface area (Å²) in [5, 5.41) is 0.646. The number of carbonyl (C=O) groups is 3. The van der Waals surface area contributed by atoms with Gasteiger partial charge in [-0.25, -0.2) is 0 Å². The van der Waals surface area contributed by atoms with Crippen molar-refractivity contribution in [3.63, 3.8) is 0 Å². The lowest BCUT2D eigenvalue weighted by Gasteiger charge is -2.40. The number of benzene rings is 1. The van der Waals surface area contributed by atoms with Crippen LogP contribution in [-0.4, -0.2) is 42.3 Å². The number of amides is 1. The van der Waals surface area contributed by atoms with E-state index in [0.717, 1.165) is 5.56 Å². The van der Waals surface area contributed by atoms with Crippen molar-refractivity contribution in [2.45, 2.75) is 46.5 Å². The number of piperidine rings is 1. The monoisotopic (exact) mass is 393 g/mol. The van der Waals surface area contributed by atoms with E-state index in [0.29, 0.717) is 50.4 Å². The fraction of sp³-hybridized carbons (Fsp3) is 0.571. The highest BCUT2D eigenvalue weighted by molar-refractivity contribution is 6.36. The van der Waals surface area contributed by atoms with Crippen molar-refractivity contribution in [3.8, 4) is 0 Å². The first-order chi connectivity index (χ1) is 12.8. The van der Waals surface area contributed by atoms with E-state index in [2.05, 4.69) is 0 Å². The summed E-state index contributed by atoms with van der Waals surface area (Å²) in [6, 6.07) is 7.43. The standard InChI is InChI=1S/C21H28ClNO4/c1-4-15(3)18(24)19(25)23-12-10-21(11-13-23,20(26)27-5-2)14-16-6-8-17(22)9-7-16/h6-9,15H,4-5,10-14H2,1-3H3. The molecule has 1 atom stereocenters. The second-order valence-corrected chi connectivity index (χ2v) is 7.71. The van der Waals surface area contributed by atoms with Gasteiger partial charge in [-0.1, -0.05) is 37.6 Å². The second kappa shape index (κ2) is 9.36. The third-order valence-electron chi connectivity index (χ3n) is 5.44. The summed E-state index contributed by atoms with van der Waals surface area (Å²) in [5.41, 5.74) is 0.322.